The van der Waals surface area contributed by atoms with Gasteiger partial charge in [-0.3, -0.25) is 14.5 Å². The number of amides is 1. The first-order chi connectivity index (χ1) is 9.79. The third kappa shape index (κ3) is 6.27. The molecule has 0 aromatic heterocycles. The van der Waals surface area contributed by atoms with E-state index in [0.29, 0.717) is 11.6 Å². The number of likely N-dealkylation sites (N-methyl/N-ethyl adjacent to an activating group) is 1. The van der Waals surface area contributed by atoms with Crippen molar-refractivity contribution in [3.8, 4) is 0 Å². The highest BCUT2D eigenvalue weighted by molar-refractivity contribution is 6.30. The Morgan fingerprint density at radius 1 is 1.33 bits per heavy atom. The number of benzene rings is 1. The van der Waals surface area contributed by atoms with Gasteiger partial charge in [-0.15, -0.1) is 0 Å². The molecule has 0 spiro atoms. The molecule has 0 radical (unpaired) electrons. The number of Topliss-reactive ketones (excluding diaryl/α,β-unsaturated/α-hetero) is 1. The summed E-state index contributed by atoms with van der Waals surface area (Å²) < 4.78 is 0. The second-order valence-electron chi connectivity index (χ2n) is 5.70. The van der Waals surface area contributed by atoms with Gasteiger partial charge in [0, 0.05) is 11.6 Å². The van der Waals surface area contributed by atoms with Gasteiger partial charge in [0.05, 0.1) is 12.6 Å². The van der Waals surface area contributed by atoms with Crippen molar-refractivity contribution in [2.75, 3.05) is 13.6 Å². The van der Waals surface area contributed by atoms with E-state index in [1.54, 1.807) is 0 Å². The molecule has 0 aliphatic carbocycles. The van der Waals surface area contributed by atoms with Crippen molar-refractivity contribution in [1.29, 1.82) is 0 Å². The molecule has 0 aliphatic rings. The van der Waals surface area contributed by atoms with Gasteiger partial charge in [0.15, 0.2) is 5.78 Å². The minimum Gasteiger partial charge on any atom is -0.345 e. The summed E-state index contributed by atoms with van der Waals surface area (Å²) in [6, 6.07) is 7.13. The molecule has 1 aromatic rings. The highest BCUT2D eigenvalue weighted by Crippen LogP contribution is 2.12. The Balaban J connectivity index is 2.52. The molecule has 0 saturated carbocycles. The molecule has 1 unspecified atom stereocenters. The Labute approximate surface area is 131 Å². The van der Waals surface area contributed by atoms with E-state index in [1.807, 2.05) is 50.1 Å². The van der Waals surface area contributed by atoms with Crippen LogP contribution < -0.4 is 5.32 Å². The van der Waals surface area contributed by atoms with E-state index >= 15 is 0 Å². The first kappa shape index (κ1) is 17.7. The predicted octanol–water partition coefficient (Wildman–Crippen LogP) is 2.50. The summed E-state index contributed by atoms with van der Waals surface area (Å²) in [6.07, 6.45) is 0. The van der Waals surface area contributed by atoms with Crippen LogP contribution in [0.25, 0.3) is 0 Å². The number of nitrogens with zero attached hydrogens (tertiary/aromatic N) is 1. The molecular weight excluding hydrogens is 288 g/mol. The van der Waals surface area contributed by atoms with E-state index in [4.69, 9.17) is 11.6 Å². The SMILES string of the molecule is CC(=O)C(NC(=O)CN(C)Cc1cccc(Cl)c1)C(C)C. The van der Waals surface area contributed by atoms with Crippen LogP contribution in [0.4, 0.5) is 0 Å². The van der Waals surface area contributed by atoms with Crippen molar-refractivity contribution in [3.05, 3.63) is 34.9 Å². The molecule has 0 bridgehead atoms. The topological polar surface area (TPSA) is 49.4 Å². The van der Waals surface area contributed by atoms with E-state index in [2.05, 4.69) is 5.32 Å². The summed E-state index contributed by atoms with van der Waals surface area (Å²) in [7, 11) is 1.86. The van der Waals surface area contributed by atoms with Crippen LogP contribution in [-0.4, -0.2) is 36.2 Å². The normalized spacial score (nSPS) is 12.5. The van der Waals surface area contributed by atoms with E-state index in [-0.39, 0.29) is 24.2 Å². The molecule has 1 aromatic carbocycles. The second kappa shape index (κ2) is 8.15. The van der Waals surface area contributed by atoms with Crippen LogP contribution in [0.15, 0.2) is 24.3 Å². The largest absolute Gasteiger partial charge is 0.345 e. The fourth-order valence-electron chi connectivity index (χ4n) is 2.20. The molecule has 0 heterocycles. The van der Waals surface area contributed by atoms with E-state index in [9.17, 15) is 9.59 Å². The number of ketones is 1. The van der Waals surface area contributed by atoms with Gasteiger partial charge in [-0.05, 0) is 37.6 Å². The van der Waals surface area contributed by atoms with Crippen molar-refractivity contribution >= 4 is 23.3 Å². The van der Waals surface area contributed by atoms with Gasteiger partial charge < -0.3 is 5.32 Å². The molecule has 0 fully saturated rings. The number of halogens is 1. The van der Waals surface area contributed by atoms with Gasteiger partial charge in [-0.2, -0.15) is 0 Å². The van der Waals surface area contributed by atoms with Crippen molar-refractivity contribution in [2.24, 2.45) is 5.92 Å². The number of hydrogen-bond donors (Lipinski definition) is 1. The quantitative estimate of drug-likeness (QED) is 0.842. The zero-order valence-electron chi connectivity index (χ0n) is 13.0. The standard InChI is InChI=1S/C16H23ClN2O2/c1-11(2)16(12(3)20)18-15(21)10-19(4)9-13-6-5-7-14(17)8-13/h5-8,11,16H,9-10H2,1-4H3,(H,18,21). The highest BCUT2D eigenvalue weighted by Gasteiger charge is 2.21. The maximum Gasteiger partial charge on any atom is 0.234 e. The Morgan fingerprint density at radius 3 is 2.52 bits per heavy atom. The Kier molecular flexibility index (Phi) is 6.85. The molecule has 1 atom stereocenters. The van der Waals surface area contributed by atoms with Crippen molar-refractivity contribution in [2.45, 2.75) is 33.4 Å². The van der Waals surface area contributed by atoms with E-state index in [1.165, 1.54) is 6.92 Å². The maximum atomic E-state index is 12.0. The molecular formula is C16H23ClN2O2. The zero-order chi connectivity index (χ0) is 16.0. The Hall–Kier alpha value is -1.39. The first-order valence-electron chi connectivity index (χ1n) is 7.02. The van der Waals surface area contributed by atoms with Crippen LogP contribution in [0, 0.1) is 5.92 Å². The average molecular weight is 311 g/mol. The molecule has 5 heteroatoms. The fraction of sp³-hybridized carbons (Fsp3) is 0.500. The summed E-state index contributed by atoms with van der Waals surface area (Å²) in [5.74, 6) is -0.0750. The van der Waals surface area contributed by atoms with Crippen molar-refractivity contribution in [3.63, 3.8) is 0 Å². The maximum absolute atomic E-state index is 12.0. The zero-order valence-corrected chi connectivity index (χ0v) is 13.8. The lowest BCUT2D eigenvalue weighted by Crippen LogP contribution is -2.46. The highest BCUT2D eigenvalue weighted by atomic mass is 35.5. The number of rotatable bonds is 7. The summed E-state index contributed by atoms with van der Waals surface area (Å²) in [4.78, 5) is 25.4. The van der Waals surface area contributed by atoms with E-state index in [0.717, 1.165) is 5.56 Å². The fourth-order valence-corrected chi connectivity index (χ4v) is 2.42. The average Bonchev–Trinajstić information content (AvgIpc) is 2.34. The summed E-state index contributed by atoms with van der Waals surface area (Å²) in [5.41, 5.74) is 1.05. The molecule has 4 nitrogen and oxygen atoms in total. The number of carbonyl (C=O) groups is 2. The molecule has 116 valence electrons. The van der Waals surface area contributed by atoms with Gasteiger partial charge in [0.2, 0.25) is 5.91 Å². The van der Waals surface area contributed by atoms with Crippen LogP contribution in [0.2, 0.25) is 5.02 Å². The number of carbonyl (C=O) groups excluding carboxylic acids is 2. The van der Waals surface area contributed by atoms with Crippen LogP contribution in [0.1, 0.15) is 26.3 Å². The van der Waals surface area contributed by atoms with Gasteiger partial charge in [0.1, 0.15) is 0 Å². The van der Waals surface area contributed by atoms with E-state index < -0.39 is 6.04 Å². The molecule has 1 amide bonds. The third-order valence-electron chi connectivity index (χ3n) is 3.18. The molecule has 21 heavy (non-hydrogen) atoms. The monoisotopic (exact) mass is 310 g/mol. The lowest BCUT2D eigenvalue weighted by molar-refractivity contribution is -0.128. The minimum atomic E-state index is -0.419. The molecule has 1 rings (SSSR count). The number of hydrogen-bond acceptors (Lipinski definition) is 3. The van der Waals surface area contributed by atoms with Crippen molar-refractivity contribution < 1.29 is 9.59 Å². The van der Waals surface area contributed by atoms with Crippen molar-refractivity contribution in [1.82, 2.24) is 10.2 Å². The summed E-state index contributed by atoms with van der Waals surface area (Å²) in [5, 5.41) is 3.47. The number of nitrogens with one attached hydrogen (secondary N) is 1. The van der Waals surface area contributed by atoms with Gasteiger partial charge >= 0.3 is 0 Å². The Morgan fingerprint density at radius 2 is 2.00 bits per heavy atom. The smallest absolute Gasteiger partial charge is 0.234 e. The third-order valence-corrected chi connectivity index (χ3v) is 3.41. The predicted molar refractivity (Wildman–Crippen MR) is 85.2 cm³/mol. The summed E-state index contributed by atoms with van der Waals surface area (Å²) in [6.45, 7) is 6.20. The van der Waals surface area contributed by atoms with Gasteiger partial charge in [-0.1, -0.05) is 37.6 Å². The van der Waals surface area contributed by atoms with Gasteiger partial charge in [0.25, 0.3) is 0 Å². The molecule has 0 aliphatic heterocycles. The minimum absolute atomic E-state index is 0.0177. The second-order valence-corrected chi connectivity index (χ2v) is 6.14. The van der Waals surface area contributed by atoms with Crippen LogP contribution >= 0.6 is 11.6 Å². The molecule has 0 saturated heterocycles. The Bertz CT molecular complexity index is 503. The lowest BCUT2D eigenvalue weighted by atomic mass is 10.0. The molecule has 1 N–H and O–H groups in total. The summed E-state index contributed by atoms with van der Waals surface area (Å²) >= 11 is 5.94. The lowest BCUT2D eigenvalue weighted by Gasteiger charge is -2.22. The van der Waals surface area contributed by atoms with Crippen LogP contribution in [0.5, 0.6) is 0 Å². The first-order valence-corrected chi connectivity index (χ1v) is 7.40. The van der Waals surface area contributed by atoms with Crippen LogP contribution in [0.3, 0.4) is 0 Å². The van der Waals surface area contributed by atoms with Gasteiger partial charge in [-0.25, -0.2) is 0 Å². The van der Waals surface area contributed by atoms with Crippen LogP contribution in [-0.2, 0) is 16.1 Å².